The second kappa shape index (κ2) is 9.46. The third-order valence-electron chi connectivity index (χ3n) is 3.78. The standard InChI is InChI=1S/C20H24N2O4/c1-4-26-19-9-5-16(6-10-19)21-20(24)13-14-22(15(2)23)17-7-11-18(25-3)12-8-17/h5-12H,4,13-14H2,1-3H3,(H,21,24). The van der Waals surface area contributed by atoms with Crippen molar-refractivity contribution in [3.05, 3.63) is 48.5 Å². The molecule has 138 valence electrons. The van der Waals surface area contributed by atoms with E-state index in [0.717, 1.165) is 11.4 Å². The first-order valence-corrected chi connectivity index (χ1v) is 8.48. The van der Waals surface area contributed by atoms with E-state index in [1.54, 1.807) is 60.5 Å². The lowest BCUT2D eigenvalue weighted by molar-refractivity contribution is -0.117. The van der Waals surface area contributed by atoms with Gasteiger partial charge in [-0.25, -0.2) is 0 Å². The highest BCUT2D eigenvalue weighted by Crippen LogP contribution is 2.20. The Morgan fingerprint density at radius 3 is 2.15 bits per heavy atom. The smallest absolute Gasteiger partial charge is 0.226 e. The van der Waals surface area contributed by atoms with Crippen LogP contribution in [0.15, 0.2) is 48.5 Å². The quantitative estimate of drug-likeness (QED) is 0.786. The molecule has 2 aromatic carbocycles. The van der Waals surface area contributed by atoms with Gasteiger partial charge in [0.25, 0.3) is 0 Å². The number of rotatable bonds is 8. The zero-order valence-electron chi connectivity index (χ0n) is 15.3. The maximum absolute atomic E-state index is 12.2. The van der Waals surface area contributed by atoms with Crippen LogP contribution < -0.4 is 19.7 Å². The highest BCUT2D eigenvalue weighted by atomic mass is 16.5. The van der Waals surface area contributed by atoms with Crippen LogP contribution in [0.4, 0.5) is 11.4 Å². The SMILES string of the molecule is CCOc1ccc(NC(=O)CCN(C(C)=O)c2ccc(OC)cc2)cc1. The Morgan fingerprint density at radius 1 is 1.00 bits per heavy atom. The molecule has 26 heavy (non-hydrogen) atoms. The Morgan fingerprint density at radius 2 is 1.62 bits per heavy atom. The second-order valence-electron chi connectivity index (χ2n) is 5.62. The molecule has 1 N–H and O–H groups in total. The molecule has 0 fully saturated rings. The Labute approximate surface area is 153 Å². The number of amides is 2. The molecule has 0 heterocycles. The molecule has 0 spiro atoms. The first-order valence-electron chi connectivity index (χ1n) is 8.48. The largest absolute Gasteiger partial charge is 0.497 e. The molecule has 0 bridgehead atoms. The third kappa shape index (κ3) is 5.51. The summed E-state index contributed by atoms with van der Waals surface area (Å²) in [5, 5.41) is 2.82. The van der Waals surface area contributed by atoms with E-state index in [1.165, 1.54) is 6.92 Å². The first kappa shape index (κ1) is 19.3. The van der Waals surface area contributed by atoms with Crippen molar-refractivity contribution in [1.82, 2.24) is 0 Å². The summed E-state index contributed by atoms with van der Waals surface area (Å²) in [5.41, 5.74) is 1.42. The molecule has 6 nitrogen and oxygen atoms in total. The van der Waals surface area contributed by atoms with Crippen molar-refractivity contribution in [3.63, 3.8) is 0 Å². The van der Waals surface area contributed by atoms with Gasteiger partial charge in [0.1, 0.15) is 11.5 Å². The number of carbonyl (C=O) groups is 2. The summed E-state index contributed by atoms with van der Waals surface area (Å²) in [5.74, 6) is 1.19. The fourth-order valence-corrected chi connectivity index (χ4v) is 2.47. The summed E-state index contributed by atoms with van der Waals surface area (Å²) in [7, 11) is 1.59. The predicted molar refractivity (Wildman–Crippen MR) is 102 cm³/mol. The molecule has 0 aliphatic rings. The third-order valence-corrected chi connectivity index (χ3v) is 3.78. The number of anilines is 2. The molecule has 0 aliphatic heterocycles. The average Bonchev–Trinajstić information content (AvgIpc) is 2.64. The normalized spacial score (nSPS) is 10.1. The van der Waals surface area contributed by atoms with Gasteiger partial charge in [-0.1, -0.05) is 0 Å². The van der Waals surface area contributed by atoms with Gasteiger partial charge < -0.3 is 19.7 Å². The Balaban J connectivity index is 1.93. The Hall–Kier alpha value is -3.02. The minimum atomic E-state index is -0.158. The number of hydrogen-bond donors (Lipinski definition) is 1. The fourth-order valence-electron chi connectivity index (χ4n) is 2.47. The van der Waals surface area contributed by atoms with Crippen LogP contribution in [0.2, 0.25) is 0 Å². The highest BCUT2D eigenvalue weighted by molar-refractivity contribution is 5.94. The minimum absolute atomic E-state index is 0.121. The van der Waals surface area contributed by atoms with Crippen LogP contribution in [0, 0.1) is 0 Å². The number of nitrogens with one attached hydrogen (secondary N) is 1. The predicted octanol–water partition coefficient (Wildman–Crippen LogP) is 3.48. The lowest BCUT2D eigenvalue weighted by atomic mass is 10.2. The minimum Gasteiger partial charge on any atom is -0.497 e. The molecule has 6 heteroatoms. The molecule has 0 saturated carbocycles. The number of methoxy groups -OCH3 is 1. The molecular weight excluding hydrogens is 332 g/mol. The lowest BCUT2D eigenvalue weighted by Gasteiger charge is -2.21. The summed E-state index contributed by atoms with van der Waals surface area (Å²) < 4.78 is 10.5. The number of hydrogen-bond acceptors (Lipinski definition) is 4. The molecule has 2 amide bonds. The molecule has 0 aliphatic carbocycles. The van der Waals surface area contributed by atoms with Crippen molar-refractivity contribution in [2.75, 3.05) is 30.5 Å². The Kier molecular flexibility index (Phi) is 7.02. The van der Waals surface area contributed by atoms with E-state index < -0.39 is 0 Å². The van der Waals surface area contributed by atoms with Crippen molar-refractivity contribution in [3.8, 4) is 11.5 Å². The van der Waals surface area contributed by atoms with Gasteiger partial charge in [-0.05, 0) is 55.5 Å². The second-order valence-corrected chi connectivity index (χ2v) is 5.62. The summed E-state index contributed by atoms with van der Waals surface area (Å²) in [6.45, 7) is 4.29. The number of ether oxygens (including phenoxy) is 2. The van der Waals surface area contributed by atoms with Gasteiger partial charge in [-0.3, -0.25) is 9.59 Å². The molecule has 2 rings (SSSR count). The lowest BCUT2D eigenvalue weighted by Crippen LogP contribution is -2.31. The van der Waals surface area contributed by atoms with Gasteiger partial charge in [0.2, 0.25) is 11.8 Å². The Bertz CT molecular complexity index is 726. The van der Waals surface area contributed by atoms with Crippen LogP contribution in [-0.4, -0.2) is 32.1 Å². The van der Waals surface area contributed by atoms with Crippen molar-refractivity contribution < 1.29 is 19.1 Å². The monoisotopic (exact) mass is 356 g/mol. The number of nitrogens with zero attached hydrogens (tertiary/aromatic N) is 1. The fraction of sp³-hybridized carbons (Fsp3) is 0.300. The maximum Gasteiger partial charge on any atom is 0.226 e. The van der Waals surface area contributed by atoms with E-state index in [-0.39, 0.29) is 18.2 Å². The van der Waals surface area contributed by atoms with E-state index in [4.69, 9.17) is 9.47 Å². The summed E-state index contributed by atoms with van der Waals surface area (Å²) in [6, 6.07) is 14.3. The van der Waals surface area contributed by atoms with Crippen molar-refractivity contribution in [2.45, 2.75) is 20.3 Å². The molecule has 0 aromatic heterocycles. The van der Waals surface area contributed by atoms with Gasteiger partial charge in [0.15, 0.2) is 0 Å². The zero-order valence-corrected chi connectivity index (χ0v) is 15.3. The number of benzene rings is 2. The van der Waals surface area contributed by atoms with Crippen LogP contribution in [0.5, 0.6) is 11.5 Å². The van der Waals surface area contributed by atoms with Gasteiger partial charge >= 0.3 is 0 Å². The molecule has 0 radical (unpaired) electrons. The number of carbonyl (C=O) groups excluding carboxylic acids is 2. The summed E-state index contributed by atoms with van der Waals surface area (Å²) in [4.78, 5) is 25.7. The van der Waals surface area contributed by atoms with Crippen LogP contribution >= 0.6 is 0 Å². The van der Waals surface area contributed by atoms with E-state index in [2.05, 4.69) is 5.32 Å². The van der Waals surface area contributed by atoms with Gasteiger partial charge in [0.05, 0.1) is 13.7 Å². The van der Waals surface area contributed by atoms with Crippen LogP contribution in [0.25, 0.3) is 0 Å². The van der Waals surface area contributed by atoms with Crippen molar-refractivity contribution in [1.29, 1.82) is 0 Å². The summed E-state index contributed by atoms with van der Waals surface area (Å²) in [6.07, 6.45) is 0.193. The summed E-state index contributed by atoms with van der Waals surface area (Å²) >= 11 is 0. The molecule has 0 unspecified atom stereocenters. The van der Waals surface area contributed by atoms with Crippen LogP contribution in [0.3, 0.4) is 0 Å². The van der Waals surface area contributed by atoms with E-state index >= 15 is 0 Å². The van der Waals surface area contributed by atoms with Crippen molar-refractivity contribution >= 4 is 23.2 Å². The van der Waals surface area contributed by atoms with Gasteiger partial charge in [-0.15, -0.1) is 0 Å². The molecule has 2 aromatic rings. The van der Waals surface area contributed by atoms with Crippen molar-refractivity contribution in [2.24, 2.45) is 0 Å². The zero-order chi connectivity index (χ0) is 18.9. The molecular formula is C20H24N2O4. The average molecular weight is 356 g/mol. The topological polar surface area (TPSA) is 67.9 Å². The van der Waals surface area contributed by atoms with Crippen LogP contribution in [0.1, 0.15) is 20.3 Å². The van der Waals surface area contributed by atoms with E-state index in [1.807, 2.05) is 6.92 Å². The maximum atomic E-state index is 12.2. The molecule has 0 atom stereocenters. The van der Waals surface area contributed by atoms with Gasteiger partial charge in [0, 0.05) is 31.3 Å². The molecule has 0 saturated heterocycles. The first-order chi connectivity index (χ1) is 12.5. The van der Waals surface area contributed by atoms with Crippen LogP contribution in [-0.2, 0) is 9.59 Å². The van der Waals surface area contributed by atoms with E-state index in [9.17, 15) is 9.59 Å². The van der Waals surface area contributed by atoms with Gasteiger partial charge in [-0.2, -0.15) is 0 Å². The van der Waals surface area contributed by atoms with E-state index in [0.29, 0.717) is 24.6 Å². The highest BCUT2D eigenvalue weighted by Gasteiger charge is 2.13.